The number of pyridine rings is 2. The van der Waals surface area contributed by atoms with Gasteiger partial charge >= 0.3 is 0 Å². The number of hydrogen-bond donors (Lipinski definition) is 1. The largest absolute Gasteiger partial charge is 0.321 e. The van der Waals surface area contributed by atoms with Crippen LogP contribution in [-0.4, -0.2) is 9.97 Å². The van der Waals surface area contributed by atoms with Gasteiger partial charge in [-0.3, -0.25) is 9.78 Å². The van der Waals surface area contributed by atoms with Crippen molar-refractivity contribution >= 4 is 0 Å². The fourth-order valence-electron chi connectivity index (χ4n) is 1.76. The molecule has 2 rings (SSSR count). The summed E-state index contributed by atoms with van der Waals surface area (Å²) in [6.07, 6.45) is 3.33. The van der Waals surface area contributed by atoms with Gasteiger partial charge in [-0.2, -0.15) is 5.26 Å². The summed E-state index contributed by atoms with van der Waals surface area (Å²) in [6, 6.07) is 5.57. The third-order valence-electron chi connectivity index (χ3n) is 2.86. The molecule has 0 aromatic carbocycles. The molecule has 0 unspecified atom stereocenters. The third kappa shape index (κ3) is 1.83. The normalized spacial score (nSPS) is 9.94. The Balaban J connectivity index is 2.75. The quantitative estimate of drug-likeness (QED) is 0.806. The molecule has 0 saturated carbocycles. The van der Waals surface area contributed by atoms with E-state index in [1.165, 1.54) is 0 Å². The maximum absolute atomic E-state index is 11.7. The minimum atomic E-state index is -0.345. The predicted molar refractivity (Wildman–Crippen MR) is 64.5 cm³/mol. The average molecular weight is 225 g/mol. The highest BCUT2D eigenvalue weighted by molar-refractivity contribution is 5.65. The second kappa shape index (κ2) is 4.22. The lowest BCUT2D eigenvalue weighted by Crippen LogP contribution is -2.14. The Labute approximate surface area is 98.6 Å². The van der Waals surface area contributed by atoms with Gasteiger partial charge in [-0.25, -0.2) is 0 Å². The molecule has 84 valence electrons. The SMILES string of the molecule is Cc1c(-c2ccncc2)[nH]c(=O)c(C#N)c1C. The highest BCUT2D eigenvalue weighted by Crippen LogP contribution is 2.22. The summed E-state index contributed by atoms with van der Waals surface area (Å²) in [5.41, 5.74) is 3.11. The Morgan fingerprint density at radius 3 is 2.47 bits per heavy atom. The monoisotopic (exact) mass is 225 g/mol. The Hall–Kier alpha value is -2.41. The van der Waals surface area contributed by atoms with Crippen molar-refractivity contribution in [1.82, 2.24) is 9.97 Å². The lowest BCUT2D eigenvalue weighted by atomic mass is 10.0. The summed E-state index contributed by atoms with van der Waals surface area (Å²) in [4.78, 5) is 18.4. The fourth-order valence-corrected chi connectivity index (χ4v) is 1.76. The highest BCUT2D eigenvalue weighted by Gasteiger charge is 2.11. The summed E-state index contributed by atoms with van der Waals surface area (Å²) in [7, 11) is 0. The van der Waals surface area contributed by atoms with Crippen molar-refractivity contribution in [3.63, 3.8) is 0 Å². The van der Waals surface area contributed by atoms with Crippen LogP contribution < -0.4 is 5.56 Å². The Morgan fingerprint density at radius 2 is 1.88 bits per heavy atom. The number of aromatic nitrogens is 2. The van der Waals surface area contributed by atoms with Gasteiger partial charge in [-0.05, 0) is 37.1 Å². The van der Waals surface area contributed by atoms with Crippen LogP contribution in [0.2, 0.25) is 0 Å². The average Bonchev–Trinajstić information content (AvgIpc) is 2.35. The highest BCUT2D eigenvalue weighted by atomic mass is 16.1. The summed E-state index contributed by atoms with van der Waals surface area (Å²) < 4.78 is 0. The van der Waals surface area contributed by atoms with Crippen LogP contribution in [0, 0.1) is 25.2 Å². The minimum Gasteiger partial charge on any atom is -0.321 e. The van der Waals surface area contributed by atoms with E-state index in [0.717, 1.165) is 22.4 Å². The fraction of sp³-hybridized carbons (Fsp3) is 0.154. The van der Waals surface area contributed by atoms with Gasteiger partial charge in [0, 0.05) is 18.0 Å². The zero-order valence-electron chi connectivity index (χ0n) is 9.61. The second-order valence-electron chi connectivity index (χ2n) is 3.80. The molecule has 2 aromatic rings. The van der Waals surface area contributed by atoms with Crippen molar-refractivity contribution in [1.29, 1.82) is 5.26 Å². The van der Waals surface area contributed by atoms with E-state index in [0.29, 0.717) is 0 Å². The number of nitriles is 1. The van der Waals surface area contributed by atoms with Gasteiger partial charge in [0.25, 0.3) is 5.56 Å². The molecule has 17 heavy (non-hydrogen) atoms. The summed E-state index contributed by atoms with van der Waals surface area (Å²) in [5, 5.41) is 8.91. The molecule has 0 aliphatic carbocycles. The van der Waals surface area contributed by atoms with Crippen molar-refractivity contribution in [2.75, 3.05) is 0 Å². The van der Waals surface area contributed by atoms with Gasteiger partial charge in [-0.15, -0.1) is 0 Å². The zero-order valence-corrected chi connectivity index (χ0v) is 9.61. The van der Waals surface area contributed by atoms with E-state index in [1.54, 1.807) is 19.3 Å². The first-order chi connectivity index (χ1) is 8.15. The van der Waals surface area contributed by atoms with Crippen LogP contribution in [0.25, 0.3) is 11.3 Å². The van der Waals surface area contributed by atoms with E-state index in [-0.39, 0.29) is 11.1 Å². The molecular formula is C13H11N3O. The van der Waals surface area contributed by atoms with Crippen LogP contribution in [0.4, 0.5) is 0 Å². The molecule has 0 atom stereocenters. The lowest BCUT2D eigenvalue weighted by Gasteiger charge is -2.09. The maximum atomic E-state index is 11.7. The molecule has 2 aromatic heterocycles. The van der Waals surface area contributed by atoms with E-state index >= 15 is 0 Å². The lowest BCUT2D eigenvalue weighted by molar-refractivity contribution is 1.14. The summed E-state index contributed by atoms with van der Waals surface area (Å²) in [6.45, 7) is 3.68. The second-order valence-corrected chi connectivity index (χ2v) is 3.80. The van der Waals surface area contributed by atoms with Crippen LogP contribution >= 0.6 is 0 Å². The Bertz CT molecular complexity index is 651. The first kappa shape index (κ1) is 11.1. The standard InChI is InChI=1S/C13H11N3O/c1-8-9(2)12(10-3-5-15-6-4-10)16-13(17)11(8)7-14/h3-6H,1-2H3,(H,16,17). The van der Waals surface area contributed by atoms with Gasteiger partial charge in [0.05, 0.1) is 5.69 Å². The van der Waals surface area contributed by atoms with Crippen molar-refractivity contribution in [2.24, 2.45) is 0 Å². The van der Waals surface area contributed by atoms with Crippen LogP contribution in [0.15, 0.2) is 29.3 Å². The van der Waals surface area contributed by atoms with Crippen molar-refractivity contribution in [2.45, 2.75) is 13.8 Å². The summed E-state index contributed by atoms with van der Waals surface area (Å²) >= 11 is 0. The van der Waals surface area contributed by atoms with Crippen molar-refractivity contribution in [3.05, 3.63) is 51.6 Å². The van der Waals surface area contributed by atoms with Gasteiger partial charge in [0.2, 0.25) is 0 Å². The van der Waals surface area contributed by atoms with Gasteiger partial charge in [0.15, 0.2) is 0 Å². The van der Waals surface area contributed by atoms with E-state index in [9.17, 15) is 4.79 Å². The zero-order chi connectivity index (χ0) is 12.4. The molecule has 0 aliphatic heterocycles. The first-order valence-corrected chi connectivity index (χ1v) is 5.19. The number of hydrogen-bond acceptors (Lipinski definition) is 3. The van der Waals surface area contributed by atoms with Crippen molar-refractivity contribution < 1.29 is 0 Å². The van der Waals surface area contributed by atoms with Crippen LogP contribution in [0.1, 0.15) is 16.7 Å². The van der Waals surface area contributed by atoms with Gasteiger partial charge < -0.3 is 4.98 Å². The van der Waals surface area contributed by atoms with Crippen LogP contribution in [0.5, 0.6) is 0 Å². The maximum Gasteiger partial charge on any atom is 0.266 e. The molecular weight excluding hydrogens is 214 g/mol. The number of rotatable bonds is 1. The minimum absolute atomic E-state index is 0.181. The molecule has 0 aliphatic rings. The van der Waals surface area contributed by atoms with E-state index < -0.39 is 0 Å². The number of nitrogens with one attached hydrogen (secondary N) is 1. The van der Waals surface area contributed by atoms with Crippen molar-refractivity contribution in [3.8, 4) is 17.3 Å². The smallest absolute Gasteiger partial charge is 0.266 e. The molecule has 0 bridgehead atoms. The molecule has 4 nitrogen and oxygen atoms in total. The van der Waals surface area contributed by atoms with Crippen LogP contribution in [-0.2, 0) is 0 Å². The van der Waals surface area contributed by atoms with Gasteiger partial charge in [-0.1, -0.05) is 0 Å². The van der Waals surface area contributed by atoms with E-state index in [4.69, 9.17) is 5.26 Å². The summed E-state index contributed by atoms with van der Waals surface area (Å²) in [5.74, 6) is 0. The van der Waals surface area contributed by atoms with Gasteiger partial charge in [0.1, 0.15) is 11.6 Å². The third-order valence-corrected chi connectivity index (χ3v) is 2.86. The molecule has 0 spiro atoms. The number of nitrogens with zero attached hydrogens (tertiary/aromatic N) is 2. The van der Waals surface area contributed by atoms with Crippen LogP contribution in [0.3, 0.4) is 0 Å². The molecule has 1 N–H and O–H groups in total. The molecule has 4 heteroatoms. The number of H-pyrrole nitrogens is 1. The first-order valence-electron chi connectivity index (χ1n) is 5.19. The molecule has 0 saturated heterocycles. The van der Waals surface area contributed by atoms with E-state index in [1.807, 2.05) is 25.1 Å². The Morgan fingerprint density at radius 1 is 1.24 bits per heavy atom. The topological polar surface area (TPSA) is 69.5 Å². The Kier molecular flexibility index (Phi) is 2.75. The molecule has 0 fully saturated rings. The molecule has 0 amide bonds. The molecule has 2 heterocycles. The number of aromatic amines is 1. The van der Waals surface area contributed by atoms with E-state index in [2.05, 4.69) is 9.97 Å². The predicted octanol–water partition coefficient (Wildman–Crippen LogP) is 1.93. The molecule has 0 radical (unpaired) electrons.